The first kappa shape index (κ1) is 17.4. The zero-order chi connectivity index (χ0) is 16.2. The smallest absolute Gasteiger partial charge is 0.238 e. The first-order chi connectivity index (χ1) is 10.3. The van der Waals surface area contributed by atoms with Crippen molar-refractivity contribution in [2.24, 2.45) is 0 Å². The third-order valence-corrected chi connectivity index (χ3v) is 5.34. The molecule has 0 aliphatic carbocycles. The Labute approximate surface area is 139 Å². The number of anilines is 1. The van der Waals surface area contributed by atoms with Gasteiger partial charge in [-0.3, -0.25) is 9.69 Å². The highest BCUT2D eigenvalue weighted by Crippen LogP contribution is 2.14. The average Bonchev–Trinajstić information content (AvgIpc) is 2.66. The molecule has 1 saturated heterocycles. The molecule has 1 heterocycles. The second-order valence-corrected chi connectivity index (χ2v) is 8.24. The monoisotopic (exact) mass is 389 g/mol. The summed E-state index contributed by atoms with van der Waals surface area (Å²) >= 11 is 3.35. The Balaban J connectivity index is 1.85. The summed E-state index contributed by atoms with van der Waals surface area (Å²) < 4.78 is 25.6. The van der Waals surface area contributed by atoms with Crippen LogP contribution in [0.15, 0.2) is 28.7 Å². The van der Waals surface area contributed by atoms with Crippen LogP contribution in [0.25, 0.3) is 0 Å². The summed E-state index contributed by atoms with van der Waals surface area (Å²) in [4.78, 5) is 14.0. The molecule has 8 heteroatoms. The predicted octanol–water partition coefficient (Wildman–Crippen LogP) is 1.35. The molecule has 22 heavy (non-hydrogen) atoms. The second-order valence-electron chi connectivity index (χ2n) is 5.35. The van der Waals surface area contributed by atoms with Gasteiger partial charge in [0.05, 0.1) is 12.8 Å². The third-order valence-electron chi connectivity index (χ3n) is 3.51. The Morgan fingerprint density at radius 2 is 1.86 bits per heavy atom. The molecule has 6 nitrogen and oxygen atoms in total. The first-order valence-electron chi connectivity index (χ1n) is 7.07. The molecule has 0 atom stereocenters. The molecule has 1 aliphatic heterocycles. The van der Waals surface area contributed by atoms with E-state index < -0.39 is 10.0 Å². The number of carbonyl (C=O) groups is 1. The number of rotatable bonds is 4. The maximum absolute atomic E-state index is 12.1. The third kappa shape index (κ3) is 5.35. The van der Waals surface area contributed by atoms with E-state index in [0.717, 1.165) is 23.1 Å². The molecule has 1 fully saturated rings. The summed E-state index contributed by atoms with van der Waals surface area (Å²) in [5, 5.41) is 2.84. The Kier molecular flexibility index (Phi) is 5.96. The number of halogens is 1. The Bertz CT molecular complexity index is 619. The zero-order valence-corrected chi connectivity index (χ0v) is 14.9. The van der Waals surface area contributed by atoms with Crippen LogP contribution in [0, 0.1) is 0 Å². The molecule has 0 aromatic heterocycles. The van der Waals surface area contributed by atoms with Gasteiger partial charge in [0.25, 0.3) is 0 Å². The van der Waals surface area contributed by atoms with Crippen molar-refractivity contribution in [2.45, 2.75) is 6.42 Å². The number of benzene rings is 1. The summed E-state index contributed by atoms with van der Waals surface area (Å²) in [5.74, 6) is -0.0878. The fourth-order valence-corrected chi connectivity index (χ4v) is 3.51. The lowest BCUT2D eigenvalue weighted by molar-refractivity contribution is -0.117. The van der Waals surface area contributed by atoms with E-state index in [4.69, 9.17) is 0 Å². The SMILES string of the molecule is CS(=O)(=O)N1CCCN(CC(=O)Nc2ccc(Br)cc2)CC1. The standard InChI is InChI=1S/C14H20BrN3O3S/c1-22(20,21)18-8-2-7-17(9-10-18)11-14(19)16-13-5-3-12(15)4-6-13/h3-6H,2,7-11H2,1H3,(H,16,19). The molecule has 122 valence electrons. The maximum Gasteiger partial charge on any atom is 0.238 e. The number of nitrogens with one attached hydrogen (secondary N) is 1. The molecule has 1 aliphatic rings. The van der Waals surface area contributed by atoms with Crippen molar-refractivity contribution in [2.75, 3.05) is 44.3 Å². The van der Waals surface area contributed by atoms with Crippen molar-refractivity contribution in [3.8, 4) is 0 Å². The lowest BCUT2D eigenvalue weighted by atomic mass is 10.3. The van der Waals surface area contributed by atoms with Gasteiger partial charge in [0.2, 0.25) is 15.9 Å². The molecular weight excluding hydrogens is 370 g/mol. The van der Waals surface area contributed by atoms with Gasteiger partial charge in [-0.15, -0.1) is 0 Å². The van der Waals surface area contributed by atoms with E-state index in [1.807, 2.05) is 29.2 Å². The molecule has 1 aromatic rings. The number of nitrogens with zero attached hydrogens (tertiary/aromatic N) is 2. The highest BCUT2D eigenvalue weighted by Gasteiger charge is 2.22. The fraction of sp³-hybridized carbons (Fsp3) is 0.500. The highest BCUT2D eigenvalue weighted by molar-refractivity contribution is 9.10. The molecular formula is C14H20BrN3O3S. The van der Waals surface area contributed by atoms with Crippen molar-refractivity contribution >= 4 is 37.5 Å². The normalized spacial score (nSPS) is 17.9. The van der Waals surface area contributed by atoms with E-state index in [1.165, 1.54) is 10.6 Å². The van der Waals surface area contributed by atoms with Gasteiger partial charge in [-0.2, -0.15) is 0 Å². The van der Waals surface area contributed by atoms with Crippen molar-refractivity contribution in [3.63, 3.8) is 0 Å². The number of amides is 1. The van der Waals surface area contributed by atoms with Crippen LogP contribution in [-0.4, -0.2) is 62.5 Å². The molecule has 1 aromatic carbocycles. The number of hydrogen-bond acceptors (Lipinski definition) is 4. The molecule has 0 radical (unpaired) electrons. The lowest BCUT2D eigenvalue weighted by Gasteiger charge is -2.20. The van der Waals surface area contributed by atoms with Crippen LogP contribution >= 0.6 is 15.9 Å². The summed E-state index contributed by atoms with van der Waals surface area (Å²) in [5.41, 5.74) is 0.751. The van der Waals surface area contributed by atoms with E-state index in [0.29, 0.717) is 19.6 Å². The summed E-state index contributed by atoms with van der Waals surface area (Å²) in [6, 6.07) is 7.39. The van der Waals surface area contributed by atoms with Crippen LogP contribution in [-0.2, 0) is 14.8 Å². The Morgan fingerprint density at radius 3 is 2.50 bits per heavy atom. The highest BCUT2D eigenvalue weighted by atomic mass is 79.9. The van der Waals surface area contributed by atoms with E-state index >= 15 is 0 Å². The minimum absolute atomic E-state index is 0.0878. The largest absolute Gasteiger partial charge is 0.325 e. The average molecular weight is 390 g/mol. The van der Waals surface area contributed by atoms with Crippen LogP contribution in [0.1, 0.15) is 6.42 Å². The summed E-state index contributed by atoms with van der Waals surface area (Å²) in [6.45, 7) is 2.52. The number of carbonyl (C=O) groups excluding carboxylic acids is 1. The Hall–Kier alpha value is -0.960. The van der Waals surface area contributed by atoms with Crippen LogP contribution < -0.4 is 5.32 Å². The van der Waals surface area contributed by atoms with E-state index in [9.17, 15) is 13.2 Å². The quantitative estimate of drug-likeness (QED) is 0.843. The number of sulfonamides is 1. The van der Waals surface area contributed by atoms with Gasteiger partial charge in [0.1, 0.15) is 0 Å². The van der Waals surface area contributed by atoms with Gasteiger partial charge in [0, 0.05) is 29.8 Å². The van der Waals surface area contributed by atoms with Gasteiger partial charge in [-0.05, 0) is 37.2 Å². The predicted molar refractivity (Wildman–Crippen MR) is 90.2 cm³/mol. The zero-order valence-electron chi connectivity index (χ0n) is 12.5. The van der Waals surface area contributed by atoms with Gasteiger partial charge < -0.3 is 5.32 Å². The summed E-state index contributed by atoms with van der Waals surface area (Å²) in [7, 11) is -3.15. The fourth-order valence-electron chi connectivity index (χ4n) is 2.37. The second kappa shape index (κ2) is 7.54. The van der Waals surface area contributed by atoms with Gasteiger partial charge in [-0.1, -0.05) is 15.9 Å². The molecule has 0 saturated carbocycles. The minimum Gasteiger partial charge on any atom is -0.325 e. The summed E-state index contributed by atoms with van der Waals surface area (Å²) in [6.07, 6.45) is 1.96. The topological polar surface area (TPSA) is 69.7 Å². The van der Waals surface area contributed by atoms with Crippen LogP contribution in [0.2, 0.25) is 0 Å². The molecule has 0 bridgehead atoms. The lowest BCUT2D eigenvalue weighted by Crippen LogP contribution is -2.37. The minimum atomic E-state index is -3.15. The molecule has 0 unspecified atom stereocenters. The van der Waals surface area contributed by atoms with Crippen molar-refractivity contribution in [3.05, 3.63) is 28.7 Å². The van der Waals surface area contributed by atoms with Gasteiger partial charge in [0.15, 0.2) is 0 Å². The van der Waals surface area contributed by atoms with E-state index in [-0.39, 0.29) is 12.5 Å². The van der Waals surface area contributed by atoms with Crippen LogP contribution in [0.4, 0.5) is 5.69 Å². The maximum atomic E-state index is 12.1. The van der Waals surface area contributed by atoms with Gasteiger partial charge in [-0.25, -0.2) is 12.7 Å². The van der Waals surface area contributed by atoms with E-state index in [2.05, 4.69) is 21.2 Å². The molecule has 1 N–H and O–H groups in total. The van der Waals surface area contributed by atoms with Crippen LogP contribution in [0.5, 0.6) is 0 Å². The first-order valence-corrected chi connectivity index (χ1v) is 9.71. The molecule has 0 spiro atoms. The molecule has 1 amide bonds. The van der Waals surface area contributed by atoms with Crippen LogP contribution in [0.3, 0.4) is 0 Å². The van der Waals surface area contributed by atoms with E-state index in [1.54, 1.807) is 0 Å². The van der Waals surface area contributed by atoms with Gasteiger partial charge >= 0.3 is 0 Å². The Morgan fingerprint density at radius 1 is 1.18 bits per heavy atom. The number of hydrogen-bond donors (Lipinski definition) is 1. The van der Waals surface area contributed by atoms with Crippen molar-refractivity contribution in [1.29, 1.82) is 0 Å². The molecule has 2 rings (SSSR count). The van der Waals surface area contributed by atoms with Crippen molar-refractivity contribution in [1.82, 2.24) is 9.21 Å². The van der Waals surface area contributed by atoms with Crippen molar-refractivity contribution < 1.29 is 13.2 Å².